The molecule has 0 aliphatic heterocycles. The van der Waals surface area contributed by atoms with Crippen LogP contribution in [0.1, 0.15) is 33.0 Å². The summed E-state index contributed by atoms with van der Waals surface area (Å²) < 4.78 is 10.8. The minimum atomic E-state index is -1.07. The number of nitrogens with zero attached hydrogens (tertiary/aromatic N) is 1. The second-order valence-corrected chi connectivity index (χ2v) is 5.58. The van der Waals surface area contributed by atoms with Gasteiger partial charge in [0, 0.05) is 29.4 Å². The highest BCUT2D eigenvalue weighted by atomic mass is 32.2. The van der Waals surface area contributed by atoms with E-state index in [0.717, 1.165) is 0 Å². The molecule has 1 amide bonds. The van der Waals surface area contributed by atoms with E-state index in [9.17, 15) is 13.8 Å². The van der Waals surface area contributed by atoms with Crippen LogP contribution in [0, 0.1) is 6.92 Å². The van der Waals surface area contributed by atoms with Gasteiger partial charge in [0.2, 0.25) is 0 Å². The third kappa shape index (κ3) is 4.78. The summed E-state index contributed by atoms with van der Waals surface area (Å²) in [6, 6.07) is 2.74. The van der Waals surface area contributed by atoms with Crippen molar-refractivity contribution in [1.82, 2.24) is 10.3 Å². The molecule has 7 heteroatoms. The van der Waals surface area contributed by atoms with Gasteiger partial charge in [0.15, 0.2) is 0 Å². The van der Waals surface area contributed by atoms with Crippen LogP contribution in [0.3, 0.4) is 0 Å². The number of rotatable bonds is 6. The number of aromatic nitrogens is 1. The first-order chi connectivity index (χ1) is 8.91. The molecule has 0 aliphatic carbocycles. The maximum absolute atomic E-state index is 11.7. The van der Waals surface area contributed by atoms with Gasteiger partial charge in [-0.1, -0.05) is 0 Å². The lowest BCUT2D eigenvalue weighted by molar-refractivity contribution is 0.0694. The normalized spacial score (nSPS) is 11.9. The number of amides is 1. The van der Waals surface area contributed by atoms with Gasteiger partial charge in [0.1, 0.15) is 5.69 Å². The van der Waals surface area contributed by atoms with Crippen LogP contribution in [0.4, 0.5) is 0 Å². The number of carbonyl (C=O) groups is 2. The zero-order chi connectivity index (χ0) is 14.4. The molecule has 0 fully saturated rings. The molecule has 19 heavy (non-hydrogen) atoms. The molecule has 0 radical (unpaired) electrons. The molecule has 0 bridgehead atoms. The minimum absolute atomic E-state index is 0.0814. The largest absolute Gasteiger partial charge is 0.478 e. The Morgan fingerprint density at radius 2 is 2.11 bits per heavy atom. The summed E-state index contributed by atoms with van der Waals surface area (Å²) in [6.07, 6.45) is 2.23. The molecule has 0 spiro atoms. The lowest BCUT2D eigenvalue weighted by atomic mass is 10.2. The summed E-state index contributed by atoms with van der Waals surface area (Å²) in [5.41, 5.74) is 0.563. The third-order valence-corrected chi connectivity index (χ3v) is 3.31. The highest BCUT2D eigenvalue weighted by Gasteiger charge is 2.12. The molecule has 6 nitrogen and oxygen atoms in total. The topological polar surface area (TPSA) is 96.4 Å². The zero-order valence-electron chi connectivity index (χ0n) is 10.8. The first kappa shape index (κ1) is 15.3. The Hall–Kier alpha value is -1.76. The van der Waals surface area contributed by atoms with Crippen molar-refractivity contribution in [2.75, 3.05) is 18.6 Å². The Balaban J connectivity index is 2.60. The van der Waals surface area contributed by atoms with Gasteiger partial charge in [0.05, 0.1) is 11.3 Å². The highest BCUT2D eigenvalue weighted by molar-refractivity contribution is 7.84. The van der Waals surface area contributed by atoms with E-state index in [1.165, 1.54) is 12.1 Å². The van der Waals surface area contributed by atoms with Crippen LogP contribution in [-0.4, -0.2) is 44.7 Å². The van der Waals surface area contributed by atoms with E-state index < -0.39 is 16.8 Å². The lowest BCUT2D eigenvalue weighted by Crippen LogP contribution is -2.26. The van der Waals surface area contributed by atoms with Crippen LogP contribution in [0.25, 0.3) is 0 Å². The predicted octanol–water partition coefficient (Wildman–Crippen LogP) is 0.587. The van der Waals surface area contributed by atoms with Crippen LogP contribution < -0.4 is 5.32 Å². The van der Waals surface area contributed by atoms with E-state index in [1.807, 2.05) is 0 Å². The number of hydrogen-bond acceptors (Lipinski definition) is 4. The van der Waals surface area contributed by atoms with E-state index in [2.05, 4.69) is 10.3 Å². The lowest BCUT2D eigenvalue weighted by Gasteiger charge is -2.06. The Labute approximate surface area is 113 Å². The van der Waals surface area contributed by atoms with Crippen molar-refractivity contribution in [3.8, 4) is 0 Å². The van der Waals surface area contributed by atoms with Crippen molar-refractivity contribution in [1.29, 1.82) is 0 Å². The molecule has 1 rings (SSSR count). The number of carboxylic acids is 1. The molecule has 1 atom stereocenters. The van der Waals surface area contributed by atoms with Crippen LogP contribution in [0.15, 0.2) is 12.1 Å². The van der Waals surface area contributed by atoms with Crippen LogP contribution in [-0.2, 0) is 10.8 Å². The molecule has 1 heterocycles. The smallest absolute Gasteiger partial charge is 0.337 e. The average molecular weight is 284 g/mol. The molecule has 0 aromatic carbocycles. The maximum atomic E-state index is 11.7. The van der Waals surface area contributed by atoms with Gasteiger partial charge in [-0.15, -0.1) is 0 Å². The summed E-state index contributed by atoms with van der Waals surface area (Å²) in [7, 11) is -0.869. The number of aromatic carboxylic acids is 1. The SMILES string of the molecule is Cc1nc(C(=O)NCCCS(C)=O)ccc1C(=O)O. The molecule has 0 aliphatic rings. The van der Waals surface area contributed by atoms with Crippen molar-refractivity contribution in [3.63, 3.8) is 0 Å². The van der Waals surface area contributed by atoms with Crippen molar-refractivity contribution < 1.29 is 18.9 Å². The summed E-state index contributed by atoms with van der Waals surface area (Å²) in [5, 5.41) is 11.5. The van der Waals surface area contributed by atoms with Gasteiger partial charge in [-0.3, -0.25) is 9.00 Å². The number of carbonyl (C=O) groups excluding carboxylic acids is 1. The van der Waals surface area contributed by atoms with Gasteiger partial charge >= 0.3 is 5.97 Å². The second kappa shape index (κ2) is 6.98. The van der Waals surface area contributed by atoms with Gasteiger partial charge < -0.3 is 10.4 Å². The number of aryl methyl sites for hydroxylation is 1. The fourth-order valence-corrected chi connectivity index (χ4v) is 2.03. The predicted molar refractivity (Wildman–Crippen MR) is 71.8 cm³/mol. The molecule has 104 valence electrons. The molecule has 2 N–H and O–H groups in total. The maximum Gasteiger partial charge on any atom is 0.337 e. The summed E-state index contributed by atoms with van der Waals surface area (Å²) in [6.45, 7) is 1.96. The van der Waals surface area contributed by atoms with Crippen LogP contribution in [0.2, 0.25) is 0 Å². The Bertz CT molecular complexity index is 516. The first-order valence-corrected chi connectivity index (χ1v) is 7.43. The molecule has 1 unspecified atom stereocenters. The molecule has 1 aromatic heterocycles. The van der Waals surface area contributed by atoms with Crippen molar-refractivity contribution in [2.24, 2.45) is 0 Å². The Morgan fingerprint density at radius 3 is 2.63 bits per heavy atom. The molecular formula is C12H16N2O4S. The van der Waals surface area contributed by atoms with E-state index in [-0.39, 0.29) is 17.2 Å². The zero-order valence-corrected chi connectivity index (χ0v) is 11.6. The van der Waals surface area contributed by atoms with Crippen LogP contribution >= 0.6 is 0 Å². The standard InChI is InChI=1S/C12H16N2O4S/c1-8-9(12(16)17)4-5-10(14-8)11(15)13-6-3-7-19(2)18/h4-5H,3,6-7H2,1-2H3,(H,13,15)(H,16,17). The summed E-state index contributed by atoms with van der Waals surface area (Å²) in [5.74, 6) is -0.894. The molecule has 0 saturated carbocycles. The van der Waals surface area contributed by atoms with E-state index in [1.54, 1.807) is 13.2 Å². The van der Waals surface area contributed by atoms with Gasteiger partial charge in [-0.25, -0.2) is 9.78 Å². The quantitative estimate of drug-likeness (QED) is 0.745. The first-order valence-electron chi connectivity index (χ1n) is 5.71. The van der Waals surface area contributed by atoms with E-state index in [4.69, 9.17) is 5.11 Å². The molecule has 1 aromatic rings. The molecular weight excluding hydrogens is 268 g/mol. The molecule has 0 saturated heterocycles. The fraction of sp³-hybridized carbons (Fsp3) is 0.417. The third-order valence-electron chi connectivity index (χ3n) is 2.44. The van der Waals surface area contributed by atoms with Gasteiger partial charge in [-0.2, -0.15) is 0 Å². The van der Waals surface area contributed by atoms with Crippen molar-refractivity contribution >= 4 is 22.7 Å². The second-order valence-electron chi connectivity index (χ2n) is 4.02. The van der Waals surface area contributed by atoms with Crippen molar-refractivity contribution in [3.05, 3.63) is 29.1 Å². The average Bonchev–Trinajstić information content (AvgIpc) is 2.33. The van der Waals surface area contributed by atoms with Gasteiger partial charge in [0.25, 0.3) is 5.91 Å². The van der Waals surface area contributed by atoms with Crippen molar-refractivity contribution in [2.45, 2.75) is 13.3 Å². The van der Waals surface area contributed by atoms with Gasteiger partial charge in [-0.05, 0) is 25.5 Å². The Morgan fingerprint density at radius 1 is 1.42 bits per heavy atom. The summed E-state index contributed by atoms with van der Waals surface area (Å²) >= 11 is 0. The van der Waals surface area contributed by atoms with E-state index >= 15 is 0 Å². The fourth-order valence-electron chi connectivity index (χ4n) is 1.48. The number of hydrogen-bond donors (Lipinski definition) is 2. The van der Waals surface area contributed by atoms with E-state index in [0.29, 0.717) is 24.4 Å². The Kier molecular flexibility index (Phi) is 5.62. The number of carboxylic acid groups (broad SMARTS) is 1. The summed E-state index contributed by atoms with van der Waals surface area (Å²) in [4.78, 5) is 26.5. The highest BCUT2D eigenvalue weighted by Crippen LogP contribution is 2.06. The number of nitrogens with one attached hydrogen (secondary N) is 1. The number of pyridine rings is 1. The monoisotopic (exact) mass is 284 g/mol. The van der Waals surface area contributed by atoms with Crippen LogP contribution in [0.5, 0.6) is 0 Å². The minimum Gasteiger partial charge on any atom is -0.478 e.